The Bertz CT molecular complexity index is 554. The van der Waals surface area contributed by atoms with E-state index in [2.05, 4.69) is 31.1 Å². The second kappa shape index (κ2) is 5.26. The van der Waals surface area contributed by atoms with E-state index in [1.807, 2.05) is 24.3 Å². The van der Waals surface area contributed by atoms with Crippen LogP contribution < -0.4 is 5.32 Å². The molecule has 0 aliphatic carbocycles. The van der Waals surface area contributed by atoms with Gasteiger partial charge in [-0.1, -0.05) is 39.0 Å². The third-order valence-electron chi connectivity index (χ3n) is 2.83. The second-order valence-electron chi connectivity index (χ2n) is 5.50. The summed E-state index contributed by atoms with van der Waals surface area (Å²) in [4.78, 5) is 15.9. The van der Waals surface area contributed by atoms with Crippen LogP contribution in [-0.4, -0.2) is 10.9 Å². The summed E-state index contributed by atoms with van der Waals surface area (Å²) in [6.45, 7) is 6.36. The average molecular weight is 258 g/mol. The van der Waals surface area contributed by atoms with Crippen molar-refractivity contribution in [3.05, 3.63) is 48.2 Å². The number of carbonyl (C=O) groups is 1. The van der Waals surface area contributed by atoms with Gasteiger partial charge in [0.2, 0.25) is 5.91 Å². The molecule has 0 unspecified atom stereocenters. The molecule has 4 heteroatoms. The smallest absolute Gasteiger partial charge is 0.230 e. The van der Waals surface area contributed by atoms with Crippen molar-refractivity contribution in [2.45, 2.75) is 32.6 Å². The Hall–Kier alpha value is -2.10. The van der Waals surface area contributed by atoms with E-state index in [1.54, 1.807) is 0 Å². The van der Waals surface area contributed by atoms with Crippen molar-refractivity contribution in [2.24, 2.45) is 0 Å². The number of amides is 1. The highest BCUT2D eigenvalue weighted by Gasteiger charge is 2.18. The molecule has 1 amide bonds. The Morgan fingerprint density at radius 3 is 2.68 bits per heavy atom. The molecule has 1 N–H and O–H groups in total. The molecule has 4 nitrogen and oxygen atoms in total. The molecule has 100 valence electrons. The molecule has 0 fully saturated rings. The van der Waals surface area contributed by atoms with Gasteiger partial charge in [0.05, 0.1) is 12.1 Å². The van der Waals surface area contributed by atoms with Crippen LogP contribution in [0.25, 0.3) is 0 Å². The molecule has 0 saturated carbocycles. The lowest BCUT2D eigenvalue weighted by Crippen LogP contribution is -2.19. The lowest BCUT2D eigenvalue weighted by atomic mass is 9.86. The van der Waals surface area contributed by atoms with Crippen LogP contribution in [0.3, 0.4) is 0 Å². The minimum atomic E-state index is -0.0920. The Labute approximate surface area is 112 Å². The lowest BCUT2D eigenvalue weighted by molar-refractivity contribution is -0.115. The number of carbonyl (C=O) groups excluding carboxylic acids is 1. The van der Waals surface area contributed by atoms with Crippen molar-refractivity contribution >= 4 is 11.6 Å². The SMILES string of the molecule is CC(C)(C)c1ccccc1NC(=O)Cc1cocn1. The number of benzene rings is 1. The van der Waals surface area contributed by atoms with E-state index in [1.165, 1.54) is 12.7 Å². The van der Waals surface area contributed by atoms with Crippen molar-refractivity contribution in [1.29, 1.82) is 0 Å². The first-order valence-electron chi connectivity index (χ1n) is 6.23. The molecule has 0 aliphatic heterocycles. The van der Waals surface area contributed by atoms with Crippen LogP contribution in [0.1, 0.15) is 32.0 Å². The monoisotopic (exact) mass is 258 g/mol. The summed E-state index contributed by atoms with van der Waals surface area (Å²) in [7, 11) is 0. The van der Waals surface area contributed by atoms with E-state index in [0.29, 0.717) is 5.69 Å². The van der Waals surface area contributed by atoms with Gasteiger partial charge in [-0.15, -0.1) is 0 Å². The van der Waals surface area contributed by atoms with Gasteiger partial charge >= 0.3 is 0 Å². The minimum Gasteiger partial charge on any atom is -0.451 e. The molecule has 0 aliphatic rings. The molecule has 0 radical (unpaired) electrons. The fourth-order valence-electron chi connectivity index (χ4n) is 1.93. The summed E-state index contributed by atoms with van der Waals surface area (Å²) in [5.74, 6) is -0.0920. The first kappa shape index (κ1) is 13.3. The van der Waals surface area contributed by atoms with Crippen molar-refractivity contribution in [2.75, 3.05) is 5.32 Å². The largest absolute Gasteiger partial charge is 0.451 e. The number of para-hydroxylation sites is 1. The molecular formula is C15H18N2O2. The molecule has 1 heterocycles. The minimum absolute atomic E-state index is 0.0161. The number of anilines is 1. The maximum absolute atomic E-state index is 12.0. The molecule has 1 aromatic carbocycles. The van der Waals surface area contributed by atoms with Crippen LogP contribution in [0.5, 0.6) is 0 Å². The van der Waals surface area contributed by atoms with Gasteiger partial charge in [-0.05, 0) is 17.0 Å². The quantitative estimate of drug-likeness (QED) is 0.920. The fourth-order valence-corrected chi connectivity index (χ4v) is 1.93. The molecular weight excluding hydrogens is 240 g/mol. The molecule has 1 aromatic heterocycles. The average Bonchev–Trinajstić information content (AvgIpc) is 2.81. The number of nitrogens with zero attached hydrogens (tertiary/aromatic N) is 1. The van der Waals surface area contributed by atoms with E-state index in [4.69, 9.17) is 4.42 Å². The summed E-state index contributed by atoms with van der Waals surface area (Å²) in [5, 5.41) is 2.93. The number of hydrogen-bond acceptors (Lipinski definition) is 3. The second-order valence-corrected chi connectivity index (χ2v) is 5.50. The van der Waals surface area contributed by atoms with Crippen molar-refractivity contribution in [1.82, 2.24) is 4.98 Å². The maximum atomic E-state index is 12.0. The first-order valence-corrected chi connectivity index (χ1v) is 6.23. The highest BCUT2D eigenvalue weighted by atomic mass is 16.3. The van der Waals surface area contributed by atoms with Gasteiger partial charge in [0, 0.05) is 5.69 Å². The van der Waals surface area contributed by atoms with E-state index in [0.717, 1.165) is 11.3 Å². The van der Waals surface area contributed by atoms with Gasteiger partial charge in [-0.3, -0.25) is 4.79 Å². The summed E-state index contributed by atoms with van der Waals surface area (Å²) >= 11 is 0. The maximum Gasteiger partial charge on any atom is 0.230 e. The van der Waals surface area contributed by atoms with Gasteiger partial charge in [0.25, 0.3) is 0 Å². The third kappa shape index (κ3) is 3.44. The zero-order chi connectivity index (χ0) is 13.9. The number of oxazole rings is 1. The van der Waals surface area contributed by atoms with E-state index < -0.39 is 0 Å². The standard InChI is InChI=1S/C15H18N2O2/c1-15(2,3)12-6-4-5-7-13(12)17-14(18)8-11-9-19-10-16-11/h4-7,9-10H,8H2,1-3H3,(H,17,18). The molecule has 19 heavy (non-hydrogen) atoms. The number of rotatable bonds is 3. The summed E-state index contributed by atoms with van der Waals surface area (Å²) in [5.41, 5.74) is 2.58. The van der Waals surface area contributed by atoms with Gasteiger partial charge in [0.15, 0.2) is 6.39 Å². The van der Waals surface area contributed by atoms with Crippen LogP contribution in [0.4, 0.5) is 5.69 Å². The third-order valence-corrected chi connectivity index (χ3v) is 2.83. The number of aromatic nitrogens is 1. The summed E-state index contributed by atoms with van der Waals surface area (Å²) in [6, 6.07) is 7.85. The normalized spacial score (nSPS) is 11.3. The first-order chi connectivity index (χ1) is 8.97. The highest BCUT2D eigenvalue weighted by Crippen LogP contribution is 2.29. The van der Waals surface area contributed by atoms with Gasteiger partial charge in [0.1, 0.15) is 6.26 Å². The molecule has 0 bridgehead atoms. The lowest BCUT2D eigenvalue weighted by Gasteiger charge is -2.22. The van der Waals surface area contributed by atoms with Gasteiger partial charge in [-0.25, -0.2) is 4.98 Å². The van der Waals surface area contributed by atoms with Crippen LogP contribution >= 0.6 is 0 Å². The van der Waals surface area contributed by atoms with E-state index in [-0.39, 0.29) is 17.7 Å². The predicted octanol–water partition coefficient (Wildman–Crippen LogP) is 3.15. The van der Waals surface area contributed by atoms with Crippen LogP contribution in [0, 0.1) is 0 Å². The van der Waals surface area contributed by atoms with E-state index in [9.17, 15) is 4.79 Å². The zero-order valence-electron chi connectivity index (χ0n) is 11.4. The predicted molar refractivity (Wildman–Crippen MR) is 74.0 cm³/mol. The molecule has 2 rings (SSSR count). The van der Waals surface area contributed by atoms with E-state index >= 15 is 0 Å². The number of nitrogens with one attached hydrogen (secondary N) is 1. The topological polar surface area (TPSA) is 55.1 Å². The Balaban J connectivity index is 2.13. The van der Waals surface area contributed by atoms with Gasteiger partial charge < -0.3 is 9.73 Å². The van der Waals surface area contributed by atoms with Crippen molar-refractivity contribution < 1.29 is 9.21 Å². The summed E-state index contributed by atoms with van der Waals surface area (Å²) < 4.78 is 4.85. The highest BCUT2D eigenvalue weighted by molar-refractivity contribution is 5.92. The van der Waals surface area contributed by atoms with Crippen LogP contribution in [0.15, 0.2) is 41.3 Å². The Morgan fingerprint density at radius 2 is 2.05 bits per heavy atom. The molecule has 2 aromatic rings. The van der Waals surface area contributed by atoms with Gasteiger partial charge in [-0.2, -0.15) is 0 Å². The summed E-state index contributed by atoms with van der Waals surface area (Å²) in [6.07, 6.45) is 3.02. The fraction of sp³-hybridized carbons (Fsp3) is 0.333. The Kier molecular flexibility index (Phi) is 3.69. The zero-order valence-corrected chi connectivity index (χ0v) is 11.4. The molecule has 0 atom stereocenters. The molecule has 0 saturated heterocycles. The van der Waals surface area contributed by atoms with Crippen molar-refractivity contribution in [3.63, 3.8) is 0 Å². The van der Waals surface area contributed by atoms with Crippen molar-refractivity contribution in [3.8, 4) is 0 Å². The van der Waals surface area contributed by atoms with Crippen LogP contribution in [0.2, 0.25) is 0 Å². The molecule has 0 spiro atoms. The van der Waals surface area contributed by atoms with Crippen LogP contribution in [-0.2, 0) is 16.6 Å². The Morgan fingerprint density at radius 1 is 1.32 bits per heavy atom. The number of hydrogen-bond donors (Lipinski definition) is 1.